The smallest absolute Gasteiger partial charge is 0.251 e. The molecule has 5 nitrogen and oxygen atoms in total. The van der Waals surface area contributed by atoms with Gasteiger partial charge in [0.1, 0.15) is 12.4 Å². The molecule has 34 heavy (non-hydrogen) atoms. The fraction of sp³-hybridized carbons (Fsp3) is 0.296. The fourth-order valence-electron chi connectivity index (χ4n) is 3.24. The van der Waals surface area contributed by atoms with E-state index in [-0.39, 0.29) is 18.3 Å². The summed E-state index contributed by atoms with van der Waals surface area (Å²) >= 11 is 6.52. The predicted octanol–water partition coefficient (Wildman–Crippen LogP) is 6.45. The zero-order chi connectivity index (χ0) is 24.5. The lowest BCUT2D eigenvalue weighted by Crippen LogP contribution is -2.27. The standard InChI is InChI=1S/C27H30ClFN2O3/c1-4-33-25-13-20(12-24(28)26(25)34-17-19-8-10-22(29)11-9-19)16-30-23-7-5-6-21(14-23)27(32)31-15-18(2)3/h5-14,18,30H,4,15-17H2,1-3H3,(H,31,32). The van der Waals surface area contributed by atoms with Crippen LogP contribution in [0.1, 0.15) is 42.3 Å². The molecule has 0 saturated carbocycles. The number of rotatable bonds is 11. The molecule has 0 atom stereocenters. The van der Waals surface area contributed by atoms with E-state index in [0.29, 0.717) is 47.7 Å². The molecule has 1 amide bonds. The van der Waals surface area contributed by atoms with Crippen LogP contribution in [-0.2, 0) is 13.2 Å². The number of hydrogen-bond acceptors (Lipinski definition) is 4. The van der Waals surface area contributed by atoms with Crippen molar-refractivity contribution in [3.63, 3.8) is 0 Å². The second-order valence-electron chi connectivity index (χ2n) is 8.29. The first kappa shape index (κ1) is 25.4. The highest BCUT2D eigenvalue weighted by Gasteiger charge is 2.14. The van der Waals surface area contributed by atoms with Crippen LogP contribution < -0.4 is 20.1 Å². The van der Waals surface area contributed by atoms with Crippen LogP contribution in [0, 0.1) is 11.7 Å². The van der Waals surface area contributed by atoms with E-state index in [4.69, 9.17) is 21.1 Å². The Morgan fingerprint density at radius 1 is 1.03 bits per heavy atom. The highest BCUT2D eigenvalue weighted by atomic mass is 35.5. The van der Waals surface area contributed by atoms with Crippen molar-refractivity contribution in [3.8, 4) is 11.5 Å². The third kappa shape index (κ3) is 7.39. The average Bonchev–Trinajstić information content (AvgIpc) is 2.82. The molecular weight excluding hydrogens is 455 g/mol. The van der Waals surface area contributed by atoms with E-state index in [0.717, 1.165) is 16.8 Å². The molecule has 0 unspecified atom stereocenters. The molecule has 7 heteroatoms. The van der Waals surface area contributed by atoms with Gasteiger partial charge in [-0.1, -0.05) is 43.6 Å². The summed E-state index contributed by atoms with van der Waals surface area (Å²) in [5.41, 5.74) is 3.14. The minimum Gasteiger partial charge on any atom is -0.490 e. The molecule has 0 heterocycles. The van der Waals surface area contributed by atoms with Gasteiger partial charge in [-0.2, -0.15) is 0 Å². The molecule has 3 rings (SSSR count). The predicted molar refractivity (Wildman–Crippen MR) is 134 cm³/mol. The van der Waals surface area contributed by atoms with Crippen molar-refractivity contribution in [2.75, 3.05) is 18.5 Å². The maximum absolute atomic E-state index is 13.1. The molecule has 0 spiro atoms. The number of amides is 1. The molecule has 0 aliphatic heterocycles. The zero-order valence-corrected chi connectivity index (χ0v) is 20.4. The van der Waals surface area contributed by atoms with Gasteiger partial charge in [-0.25, -0.2) is 4.39 Å². The Kier molecular flexibility index (Phi) is 9.16. The van der Waals surface area contributed by atoms with E-state index in [1.54, 1.807) is 18.2 Å². The van der Waals surface area contributed by atoms with E-state index < -0.39 is 0 Å². The van der Waals surface area contributed by atoms with Crippen molar-refractivity contribution in [1.29, 1.82) is 0 Å². The maximum Gasteiger partial charge on any atom is 0.251 e. The normalized spacial score (nSPS) is 10.8. The molecule has 0 aromatic heterocycles. The lowest BCUT2D eigenvalue weighted by molar-refractivity contribution is 0.0949. The summed E-state index contributed by atoms with van der Waals surface area (Å²) in [6.07, 6.45) is 0. The van der Waals surface area contributed by atoms with E-state index in [1.807, 2.05) is 37.3 Å². The van der Waals surface area contributed by atoms with Crippen molar-refractivity contribution < 1.29 is 18.7 Å². The van der Waals surface area contributed by atoms with Crippen LogP contribution in [0.4, 0.5) is 10.1 Å². The third-order valence-electron chi connectivity index (χ3n) is 4.96. The molecule has 0 aliphatic carbocycles. The molecule has 2 N–H and O–H groups in total. The molecule has 0 saturated heterocycles. The summed E-state index contributed by atoms with van der Waals surface area (Å²) in [7, 11) is 0. The molecule has 3 aromatic carbocycles. The van der Waals surface area contributed by atoms with Gasteiger partial charge in [-0.05, 0) is 66.4 Å². The summed E-state index contributed by atoms with van der Waals surface area (Å²) in [5, 5.41) is 6.68. The van der Waals surface area contributed by atoms with Gasteiger partial charge in [-0.3, -0.25) is 4.79 Å². The molecular formula is C27H30ClFN2O3. The van der Waals surface area contributed by atoms with Crippen molar-refractivity contribution in [2.45, 2.75) is 33.9 Å². The Morgan fingerprint density at radius 2 is 1.79 bits per heavy atom. The summed E-state index contributed by atoms with van der Waals surface area (Å²) in [6, 6.07) is 17.2. The first-order valence-electron chi connectivity index (χ1n) is 11.3. The van der Waals surface area contributed by atoms with Crippen LogP contribution in [0.3, 0.4) is 0 Å². The number of carbonyl (C=O) groups is 1. The quantitative estimate of drug-likeness (QED) is 0.328. The van der Waals surface area contributed by atoms with Crippen LogP contribution in [0.25, 0.3) is 0 Å². The fourth-order valence-corrected chi connectivity index (χ4v) is 3.52. The largest absolute Gasteiger partial charge is 0.490 e. The number of benzene rings is 3. The molecule has 0 radical (unpaired) electrons. The molecule has 0 aliphatic rings. The van der Waals surface area contributed by atoms with Gasteiger partial charge in [0.25, 0.3) is 5.91 Å². The second kappa shape index (κ2) is 12.3. The van der Waals surface area contributed by atoms with Gasteiger partial charge in [0.2, 0.25) is 0 Å². The van der Waals surface area contributed by atoms with Gasteiger partial charge in [0.05, 0.1) is 11.6 Å². The second-order valence-corrected chi connectivity index (χ2v) is 8.70. The van der Waals surface area contributed by atoms with Crippen LogP contribution >= 0.6 is 11.6 Å². The van der Waals surface area contributed by atoms with Gasteiger partial charge in [-0.15, -0.1) is 0 Å². The van der Waals surface area contributed by atoms with E-state index in [1.165, 1.54) is 12.1 Å². The van der Waals surface area contributed by atoms with Gasteiger partial charge in [0, 0.05) is 24.3 Å². The minimum absolute atomic E-state index is 0.0957. The summed E-state index contributed by atoms with van der Waals surface area (Å²) in [5.74, 6) is 0.977. The number of ether oxygens (including phenoxy) is 2. The number of hydrogen-bond donors (Lipinski definition) is 2. The van der Waals surface area contributed by atoms with Crippen LogP contribution in [0.15, 0.2) is 60.7 Å². The average molecular weight is 485 g/mol. The van der Waals surface area contributed by atoms with E-state index >= 15 is 0 Å². The van der Waals surface area contributed by atoms with Gasteiger partial charge in [0.15, 0.2) is 11.5 Å². The molecule has 0 fully saturated rings. The number of nitrogens with one attached hydrogen (secondary N) is 2. The van der Waals surface area contributed by atoms with Crippen LogP contribution in [-0.4, -0.2) is 19.1 Å². The topological polar surface area (TPSA) is 59.6 Å². The third-order valence-corrected chi connectivity index (χ3v) is 5.24. The van der Waals surface area contributed by atoms with Crippen LogP contribution in [0.2, 0.25) is 5.02 Å². The van der Waals surface area contributed by atoms with Crippen LogP contribution in [0.5, 0.6) is 11.5 Å². The van der Waals surface area contributed by atoms with Crippen molar-refractivity contribution in [1.82, 2.24) is 5.32 Å². The maximum atomic E-state index is 13.1. The first-order valence-corrected chi connectivity index (χ1v) is 11.7. The monoisotopic (exact) mass is 484 g/mol. The Balaban J connectivity index is 1.68. The van der Waals surface area contributed by atoms with Gasteiger partial charge >= 0.3 is 0 Å². The van der Waals surface area contributed by atoms with Gasteiger partial charge < -0.3 is 20.1 Å². The Labute approximate surface area is 205 Å². The highest BCUT2D eigenvalue weighted by Crippen LogP contribution is 2.37. The number of carbonyl (C=O) groups excluding carboxylic acids is 1. The Morgan fingerprint density at radius 3 is 2.50 bits per heavy atom. The molecule has 180 valence electrons. The minimum atomic E-state index is -0.296. The summed E-state index contributed by atoms with van der Waals surface area (Å²) in [6.45, 7) is 7.80. The lowest BCUT2D eigenvalue weighted by Gasteiger charge is -2.16. The van der Waals surface area contributed by atoms with Crippen molar-refractivity contribution in [3.05, 3.63) is 88.2 Å². The van der Waals surface area contributed by atoms with E-state index in [9.17, 15) is 9.18 Å². The number of halogens is 2. The first-order chi connectivity index (χ1) is 16.4. The number of anilines is 1. The lowest BCUT2D eigenvalue weighted by atomic mass is 10.1. The summed E-state index contributed by atoms with van der Waals surface area (Å²) < 4.78 is 24.8. The summed E-state index contributed by atoms with van der Waals surface area (Å²) in [4.78, 5) is 12.3. The van der Waals surface area contributed by atoms with E-state index in [2.05, 4.69) is 24.5 Å². The molecule has 0 bridgehead atoms. The zero-order valence-electron chi connectivity index (χ0n) is 19.7. The van der Waals surface area contributed by atoms with Crippen molar-refractivity contribution in [2.24, 2.45) is 5.92 Å². The Hall–Kier alpha value is -3.25. The highest BCUT2D eigenvalue weighted by molar-refractivity contribution is 6.32. The van der Waals surface area contributed by atoms with Crippen molar-refractivity contribution >= 4 is 23.2 Å². The SMILES string of the molecule is CCOc1cc(CNc2cccc(C(=O)NCC(C)C)c2)cc(Cl)c1OCc1ccc(F)cc1. The Bertz CT molecular complexity index is 1100. The molecule has 3 aromatic rings.